The van der Waals surface area contributed by atoms with E-state index in [9.17, 15) is 14.3 Å². The molecule has 0 aliphatic rings. The summed E-state index contributed by atoms with van der Waals surface area (Å²) in [5.41, 5.74) is 1.10. The molecule has 5 nitrogen and oxygen atoms in total. The molecule has 21 heavy (non-hydrogen) atoms. The minimum atomic E-state index is -3.88. The molecule has 0 saturated carbocycles. The van der Waals surface area contributed by atoms with Crippen molar-refractivity contribution < 1.29 is 23.9 Å². The summed E-state index contributed by atoms with van der Waals surface area (Å²) in [6, 6.07) is 10.4. The number of benzene rings is 1. The number of aliphatic carboxylic acids is 1. The number of carboxylic acids is 1. The van der Waals surface area contributed by atoms with Gasteiger partial charge in [-0.1, -0.05) is 30.3 Å². The Hall–Kier alpha value is -1.62. The van der Waals surface area contributed by atoms with E-state index in [-0.39, 0.29) is 11.2 Å². The maximum Gasteiger partial charge on any atom is 0.381 e. The van der Waals surface area contributed by atoms with Gasteiger partial charge >= 0.3 is 13.6 Å². The van der Waals surface area contributed by atoms with E-state index in [0.29, 0.717) is 11.1 Å². The SMILES string of the molecule is CC(C(=O)O)c1ccsc1OP(=O)(O)Cc1ccccc1. The second-order valence-corrected chi connectivity index (χ2v) is 7.25. The fourth-order valence-electron chi connectivity index (χ4n) is 1.81. The van der Waals surface area contributed by atoms with Gasteiger partial charge in [0.25, 0.3) is 0 Å². The Morgan fingerprint density at radius 2 is 2.00 bits per heavy atom. The first-order valence-corrected chi connectivity index (χ1v) is 8.89. The third kappa shape index (κ3) is 4.17. The van der Waals surface area contributed by atoms with Crippen LogP contribution in [-0.4, -0.2) is 16.0 Å². The van der Waals surface area contributed by atoms with Crippen molar-refractivity contribution in [1.29, 1.82) is 0 Å². The lowest BCUT2D eigenvalue weighted by molar-refractivity contribution is -0.138. The van der Waals surface area contributed by atoms with Crippen molar-refractivity contribution in [3.63, 3.8) is 0 Å². The Morgan fingerprint density at radius 1 is 1.33 bits per heavy atom. The van der Waals surface area contributed by atoms with Gasteiger partial charge in [0.1, 0.15) is 0 Å². The van der Waals surface area contributed by atoms with Gasteiger partial charge in [0, 0.05) is 5.56 Å². The molecule has 0 fully saturated rings. The van der Waals surface area contributed by atoms with Gasteiger partial charge in [0.15, 0.2) is 5.06 Å². The molecule has 2 aromatic rings. The first-order valence-electron chi connectivity index (χ1n) is 6.24. The molecule has 7 heteroatoms. The number of rotatable bonds is 6. The number of carboxylic acid groups (broad SMARTS) is 1. The van der Waals surface area contributed by atoms with Gasteiger partial charge in [0.05, 0.1) is 12.1 Å². The van der Waals surface area contributed by atoms with Crippen molar-refractivity contribution in [2.75, 3.05) is 0 Å². The summed E-state index contributed by atoms with van der Waals surface area (Å²) in [5, 5.41) is 10.9. The number of hydrogen-bond donors (Lipinski definition) is 2. The average Bonchev–Trinajstić information content (AvgIpc) is 2.85. The lowest BCUT2D eigenvalue weighted by Crippen LogP contribution is -2.07. The predicted octanol–water partition coefficient (Wildman–Crippen LogP) is 3.70. The molecule has 1 aromatic heterocycles. The fraction of sp³-hybridized carbons (Fsp3) is 0.214. The molecule has 112 valence electrons. The van der Waals surface area contributed by atoms with Gasteiger partial charge in [-0.3, -0.25) is 4.79 Å². The quantitative estimate of drug-likeness (QED) is 0.791. The van der Waals surface area contributed by atoms with Crippen molar-refractivity contribution in [3.8, 4) is 5.06 Å². The lowest BCUT2D eigenvalue weighted by atomic mass is 10.1. The Morgan fingerprint density at radius 3 is 2.62 bits per heavy atom. The highest BCUT2D eigenvalue weighted by molar-refractivity contribution is 7.52. The summed E-state index contributed by atoms with van der Waals surface area (Å²) in [6.07, 6.45) is -0.118. The molecule has 0 amide bonds. The molecule has 2 unspecified atom stereocenters. The van der Waals surface area contributed by atoms with Gasteiger partial charge in [-0.25, -0.2) is 4.57 Å². The van der Waals surface area contributed by atoms with E-state index in [1.54, 1.807) is 35.7 Å². The molecule has 0 bridgehead atoms. The zero-order valence-electron chi connectivity index (χ0n) is 11.3. The molecule has 1 aromatic carbocycles. The Bertz CT molecular complexity index is 667. The zero-order valence-corrected chi connectivity index (χ0v) is 13.0. The standard InChI is InChI=1S/C14H15O5PS/c1-10(13(15)16)12-7-8-21-14(12)19-20(17,18)9-11-5-3-2-4-6-11/h2-8,10H,9H2,1H3,(H,15,16)(H,17,18). The first kappa shape index (κ1) is 15.8. The van der Waals surface area contributed by atoms with E-state index in [0.717, 1.165) is 11.3 Å². The number of carbonyl (C=O) groups is 1. The third-order valence-corrected chi connectivity index (χ3v) is 5.11. The fourth-order valence-corrected chi connectivity index (χ4v) is 4.15. The minimum Gasteiger partial charge on any atom is -0.481 e. The second kappa shape index (κ2) is 6.43. The van der Waals surface area contributed by atoms with Crippen LogP contribution in [0.1, 0.15) is 24.0 Å². The molecule has 1 heterocycles. The summed E-state index contributed by atoms with van der Waals surface area (Å²) < 4.78 is 17.4. The molecule has 0 aliphatic carbocycles. The van der Waals surface area contributed by atoms with Crippen LogP contribution < -0.4 is 4.52 Å². The smallest absolute Gasteiger partial charge is 0.381 e. The van der Waals surface area contributed by atoms with Crippen molar-refractivity contribution >= 4 is 24.9 Å². The highest BCUT2D eigenvalue weighted by Crippen LogP contribution is 2.49. The normalized spacial score (nSPS) is 15.1. The van der Waals surface area contributed by atoms with E-state index in [1.165, 1.54) is 6.92 Å². The van der Waals surface area contributed by atoms with E-state index in [2.05, 4.69) is 0 Å². The Kier molecular flexibility index (Phi) is 4.83. The predicted molar refractivity (Wildman–Crippen MR) is 81.0 cm³/mol. The summed E-state index contributed by atoms with van der Waals surface area (Å²) in [4.78, 5) is 21.0. The van der Waals surface area contributed by atoms with E-state index in [1.807, 2.05) is 6.07 Å². The lowest BCUT2D eigenvalue weighted by Gasteiger charge is -2.14. The van der Waals surface area contributed by atoms with E-state index >= 15 is 0 Å². The van der Waals surface area contributed by atoms with Crippen molar-refractivity contribution in [2.45, 2.75) is 19.0 Å². The molecular formula is C14H15O5PS. The largest absolute Gasteiger partial charge is 0.481 e. The van der Waals surface area contributed by atoms with Crippen LogP contribution >= 0.6 is 18.9 Å². The van der Waals surface area contributed by atoms with Crippen LogP contribution in [0.25, 0.3) is 0 Å². The van der Waals surface area contributed by atoms with Crippen LogP contribution in [0.2, 0.25) is 0 Å². The monoisotopic (exact) mass is 326 g/mol. The maximum atomic E-state index is 12.2. The first-order chi connectivity index (χ1) is 9.89. The van der Waals surface area contributed by atoms with Gasteiger partial charge in [-0.2, -0.15) is 0 Å². The number of thiophene rings is 1. The molecule has 2 atom stereocenters. The summed E-state index contributed by atoms with van der Waals surface area (Å²) in [5.74, 6) is -1.79. The third-order valence-electron chi connectivity index (χ3n) is 2.95. The Balaban J connectivity index is 2.16. The highest BCUT2D eigenvalue weighted by Gasteiger charge is 2.27. The maximum absolute atomic E-state index is 12.2. The van der Waals surface area contributed by atoms with Gasteiger partial charge in [-0.15, -0.1) is 11.3 Å². The number of hydrogen-bond acceptors (Lipinski definition) is 4. The average molecular weight is 326 g/mol. The van der Waals surface area contributed by atoms with Crippen LogP contribution in [-0.2, 0) is 15.5 Å². The second-order valence-electron chi connectivity index (χ2n) is 4.60. The zero-order chi connectivity index (χ0) is 15.5. The molecule has 0 radical (unpaired) electrons. The summed E-state index contributed by atoms with van der Waals surface area (Å²) in [7, 11) is -3.88. The van der Waals surface area contributed by atoms with E-state index in [4.69, 9.17) is 9.63 Å². The van der Waals surface area contributed by atoms with Crippen molar-refractivity contribution in [1.82, 2.24) is 0 Å². The van der Waals surface area contributed by atoms with E-state index < -0.39 is 19.5 Å². The summed E-state index contributed by atoms with van der Waals surface area (Å²) >= 11 is 1.11. The van der Waals surface area contributed by atoms with Gasteiger partial charge in [0.2, 0.25) is 0 Å². The molecule has 0 saturated heterocycles. The molecule has 2 rings (SSSR count). The van der Waals surface area contributed by atoms with Crippen LogP contribution in [0.3, 0.4) is 0 Å². The molecule has 0 aliphatic heterocycles. The van der Waals surface area contributed by atoms with Crippen molar-refractivity contribution in [2.24, 2.45) is 0 Å². The Labute approximate surface area is 126 Å². The van der Waals surface area contributed by atoms with Crippen LogP contribution in [0, 0.1) is 0 Å². The van der Waals surface area contributed by atoms with Gasteiger partial charge < -0.3 is 14.5 Å². The topological polar surface area (TPSA) is 83.8 Å². The van der Waals surface area contributed by atoms with Crippen molar-refractivity contribution in [3.05, 3.63) is 52.9 Å². The van der Waals surface area contributed by atoms with Gasteiger partial charge in [-0.05, 0) is 23.9 Å². The molecule has 2 N–H and O–H groups in total. The van der Waals surface area contributed by atoms with Crippen LogP contribution in [0.4, 0.5) is 0 Å². The highest BCUT2D eigenvalue weighted by atomic mass is 32.1. The minimum absolute atomic E-state index is 0.118. The molecule has 0 spiro atoms. The van der Waals surface area contributed by atoms with Crippen LogP contribution in [0.15, 0.2) is 41.8 Å². The summed E-state index contributed by atoms with van der Waals surface area (Å²) in [6.45, 7) is 1.51. The molecular weight excluding hydrogens is 311 g/mol. The van der Waals surface area contributed by atoms with Crippen LogP contribution in [0.5, 0.6) is 5.06 Å².